The van der Waals surface area contributed by atoms with Crippen LogP contribution in [0.5, 0.6) is 0 Å². The highest BCUT2D eigenvalue weighted by atomic mass is 35.5. The van der Waals surface area contributed by atoms with Crippen LogP contribution in [0.3, 0.4) is 0 Å². The number of hydrogen-bond donors (Lipinski definition) is 1. The molecule has 0 bridgehead atoms. The van der Waals surface area contributed by atoms with E-state index < -0.39 is 10.8 Å². The van der Waals surface area contributed by atoms with E-state index in [1.165, 1.54) is 0 Å². The molecular formula is C16H17ClN2O2S. The van der Waals surface area contributed by atoms with Crippen molar-refractivity contribution in [2.75, 3.05) is 18.6 Å². The molecule has 22 heavy (non-hydrogen) atoms. The summed E-state index contributed by atoms with van der Waals surface area (Å²) >= 11 is 6.11. The second-order valence-electron chi connectivity index (χ2n) is 4.80. The molecular weight excluding hydrogens is 320 g/mol. The van der Waals surface area contributed by atoms with Crippen molar-refractivity contribution in [3.8, 4) is 11.3 Å². The highest BCUT2D eigenvalue weighted by Crippen LogP contribution is 2.23. The Morgan fingerprint density at radius 1 is 1.32 bits per heavy atom. The minimum atomic E-state index is -0.843. The summed E-state index contributed by atoms with van der Waals surface area (Å²) < 4.78 is 11.0. The number of nitrogens with one attached hydrogen (secondary N) is 1. The number of pyridine rings is 1. The van der Waals surface area contributed by atoms with Crippen LogP contribution < -0.4 is 5.32 Å². The molecule has 2 aromatic rings. The zero-order chi connectivity index (χ0) is 15.9. The largest absolute Gasteiger partial charge is 0.352 e. The Bertz CT molecular complexity index is 677. The van der Waals surface area contributed by atoms with Crippen molar-refractivity contribution >= 4 is 28.3 Å². The number of hydrogen-bond acceptors (Lipinski definition) is 3. The van der Waals surface area contributed by atoms with Gasteiger partial charge in [0.2, 0.25) is 0 Å². The van der Waals surface area contributed by atoms with Crippen molar-refractivity contribution in [1.29, 1.82) is 0 Å². The van der Waals surface area contributed by atoms with Gasteiger partial charge in [-0.15, -0.1) is 0 Å². The van der Waals surface area contributed by atoms with E-state index >= 15 is 0 Å². The Hall–Kier alpha value is -1.72. The van der Waals surface area contributed by atoms with E-state index in [4.69, 9.17) is 11.6 Å². The van der Waals surface area contributed by atoms with E-state index in [0.717, 1.165) is 11.3 Å². The summed E-state index contributed by atoms with van der Waals surface area (Å²) in [7, 11) is -0.843. The molecule has 0 radical (unpaired) electrons. The molecule has 1 N–H and O–H groups in total. The monoisotopic (exact) mass is 336 g/mol. The SMILES string of the molecule is CS(=O)CCCNC(=O)c1cc(-c2ccccn2)ccc1Cl. The Balaban J connectivity index is 2.10. The number of rotatable bonds is 6. The first-order chi connectivity index (χ1) is 10.6. The Morgan fingerprint density at radius 2 is 2.14 bits per heavy atom. The second kappa shape index (κ2) is 8.06. The lowest BCUT2D eigenvalue weighted by molar-refractivity contribution is 0.0954. The third-order valence-electron chi connectivity index (χ3n) is 3.07. The van der Waals surface area contributed by atoms with Crippen LogP contribution in [0.15, 0.2) is 42.6 Å². The lowest BCUT2D eigenvalue weighted by Gasteiger charge is -2.08. The highest BCUT2D eigenvalue weighted by Gasteiger charge is 2.12. The molecule has 0 aliphatic heterocycles. The number of carbonyl (C=O) groups is 1. The first-order valence-electron chi connectivity index (χ1n) is 6.87. The number of halogens is 1. The van der Waals surface area contributed by atoms with Gasteiger partial charge in [-0.2, -0.15) is 0 Å². The van der Waals surface area contributed by atoms with Crippen LogP contribution in [0.2, 0.25) is 5.02 Å². The molecule has 6 heteroatoms. The van der Waals surface area contributed by atoms with Crippen molar-refractivity contribution in [1.82, 2.24) is 10.3 Å². The Labute approximate surface area is 137 Å². The quantitative estimate of drug-likeness (QED) is 0.825. The van der Waals surface area contributed by atoms with E-state index in [1.54, 1.807) is 24.6 Å². The third-order valence-corrected chi connectivity index (χ3v) is 4.26. The zero-order valence-corrected chi connectivity index (χ0v) is 13.8. The van der Waals surface area contributed by atoms with E-state index in [-0.39, 0.29) is 5.91 Å². The van der Waals surface area contributed by atoms with Gasteiger partial charge in [0, 0.05) is 41.1 Å². The normalized spacial score (nSPS) is 11.9. The van der Waals surface area contributed by atoms with Gasteiger partial charge < -0.3 is 5.32 Å². The molecule has 1 unspecified atom stereocenters. The van der Waals surface area contributed by atoms with Gasteiger partial charge in [0.05, 0.1) is 16.3 Å². The van der Waals surface area contributed by atoms with Crippen molar-refractivity contribution in [2.24, 2.45) is 0 Å². The minimum Gasteiger partial charge on any atom is -0.352 e. The first kappa shape index (κ1) is 16.6. The van der Waals surface area contributed by atoms with Crippen molar-refractivity contribution in [2.45, 2.75) is 6.42 Å². The zero-order valence-electron chi connectivity index (χ0n) is 12.2. The number of carbonyl (C=O) groups excluding carboxylic acids is 1. The van der Waals surface area contributed by atoms with Crippen LogP contribution in [-0.2, 0) is 10.8 Å². The summed E-state index contributed by atoms with van der Waals surface area (Å²) in [6.07, 6.45) is 4.02. The van der Waals surface area contributed by atoms with Gasteiger partial charge >= 0.3 is 0 Å². The molecule has 1 aromatic heterocycles. The fraction of sp³-hybridized carbons (Fsp3) is 0.250. The van der Waals surface area contributed by atoms with Crippen LogP contribution in [0.25, 0.3) is 11.3 Å². The van der Waals surface area contributed by atoms with E-state index in [0.29, 0.717) is 29.3 Å². The minimum absolute atomic E-state index is 0.232. The van der Waals surface area contributed by atoms with Crippen LogP contribution >= 0.6 is 11.6 Å². The van der Waals surface area contributed by atoms with Gasteiger partial charge in [0.15, 0.2) is 0 Å². The Morgan fingerprint density at radius 3 is 2.82 bits per heavy atom. The van der Waals surface area contributed by atoms with E-state index in [9.17, 15) is 9.00 Å². The smallest absolute Gasteiger partial charge is 0.252 e. The number of nitrogens with zero attached hydrogens (tertiary/aromatic N) is 1. The van der Waals surface area contributed by atoms with Crippen molar-refractivity contribution in [3.05, 3.63) is 53.2 Å². The molecule has 2 rings (SSSR count). The van der Waals surface area contributed by atoms with E-state index in [1.807, 2.05) is 24.3 Å². The fourth-order valence-electron chi connectivity index (χ4n) is 1.96. The molecule has 1 amide bonds. The summed E-state index contributed by atoms with van der Waals surface area (Å²) in [5.74, 6) is 0.340. The van der Waals surface area contributed by atoms with Gasteiger partial charge in [-0.3, -0.25) is 14.0 Å². The van der Waals surface area contributed by atoms with Crippen molar-refractivity contribution in [3.63, 3.8) is 0 Å². The van der Waals surface area contributed by atoms with Gasteiger partial charge in [-0.25, -0.2) is 0 Å². The maximum Gasteiger partial charge on any atom is 0.252 e. The lowest BCUT2D eigenvalue weighted by Crippen LogP contribution is -2.25. The van der Waals surface area contributed by atoms with Crippen LogP contribution in [0.1, 0.15) is 16.8 Å². The summed E-state index contributed by atoms with van der Waals surface area (Å²) in [6.45, 7) is 0.475. The molecule has 1 aromatic carbocycles. The summed E-state index contributed by atoms with van der Waals surface area (Å²) in [5, 5.41) is 3.19. The molecule has 0 spiro atoms. The first-order valence-corrected chi connectivity index (χ1v) is 8.97. The molecule has 0 saturated heterocycles. The standard InChI is InChI=1S/C16H17ClN2O2S/c1-22(21)10-4-9-19-16(20)13-11-12(6-7-14(13)17)15-5-2-3-8-18-15/h2-3,5-8,11H,4,9-10H2,1H3,(H,19,20). The molecule has 1 heterocycles. The predicted octanol–water partition coefficient (Wildman–Crippen LogP) is 2.90. The Kier molecular flexibility index (Phi) is 6.10. The summed E-state index contributed by atoms with van der Waals surface area (Å²) in [6, 6.07) is 10.9. The van der Waals surface area contributed by atoms with Crippen LogP contribution in [0.4, 0.5) is 0 Å². The fourth-order valence-corrected chi connectivity index (χ4v) is 2.72. The molecule has 0 aliphatic rings. The summed E-state index contributed by atoms with van der Waals surface area (Å²) in [4.78, 5) is 16.5. The van der Waals surface area contributed by atoms with Gasteiger partial charge in [-0.1, -0.05) is 23.7 Å². The second-order valence-corrected chi connectivity index (χ2v) is 6.76. The van der Waals surface area contributed by atoms with Gasteiger partial charge in [0.1, 0.15) is 0 Å². The predicted molar refractivity (Wildman–Crippen MR) is 90.6 cm³/mol. The highest BCUT2D eigenvalue weighted by molar-refractivity contribution is 7.84. The number of benzene rings is 1. The summed E-state index contributed by atoms with van der Waals surface area (Å²) in [5.41, 5.74) is 2.04. The average Bonchev–Trinajstić information content (AvgIpc) is 2.52. The van der Waals surface area contributed by atoms with Gasteiger partial charge in [0.25, 0.3) is 5.91 Å². The van der Waals surface area contributed by atoms with Crippen molar-refractivity contribution < 1.29 is 9.00 Å². The molecule has 116 valence electrons. The van der Waals surface area contributed by atoms with Crippen LogP contribution in [0, 0.1) is 0 Å². The maximum atomic E-state index is 12.2. The molecule has 0 aliphatic carbocycles. The molecule has 1 atom stereocenters. The number of aromatic nitrogens is 1. The topological polar surface area (TPSA) is 59.1 Å². The molecule has 4 nitrogen and oxygen atoms in total. The lowest BCUT2D eigenvalue weighted by atomic mass is 10.1. The average molecular weight is 337 g/mol. The van der Waals surface area contributed by atoms with Crippen LogP contribution in [-0.4, -0.2) is 33.7 Å². The van der Waals surface area contributed by atoms with E-state index in [2.05, 4.69) is 10.3 Å². The molecule has 0 fully saturated rings. The molecule has 0 saturated carbocycles. The van der Waals surface area contributed by atoms with Gasteiger partial charge in [-0.05, 0) is 30.7 Å². The third kappa shape index (κ3) is 4.64. The maximum absolute atomic E-state index is 12.2. The number of amides is 1.